The molecule has 0 heterocycles. The van der Waals surface area contributed by atoms with Gasteiger partial charge in [-0.15, -0.1) is 0 Å². The Morgan fingerprint density at radius 1 is 0.880 bits per heavy atom. The predicted octanol–water partition coefficient (Wildman–Crippen LogP) is 1.65. The van der Waals surface area contributed by atoms with E-state index in [0.29, 0.717) is 0 Å². The molecule has 2 aromatic carbocycles. The number of methoxy groups -OCH3 is 1. The summed E-state index contributed by atoms with van der Waals surface area (Å²) in [5.41, 5.74) is 0.380. The van der Waals surface area contributed by atoms with E-state index in [1.807, 2.05) is 0 Å². The molecule has 0 aromatic heterocycles. The molecule has 0 amide bonds. The van der Waals surface area contributed by atoms with E-state index in [2.05, 4.69) is 14.2 Å². The van der Waals surface area contributed by atoms with E-state index >= 15 is 0 Å². The van der Waals surface area contributed by atoms with Crippen LogP contribution >= 0.6 is 0 Å². The van der Waals surface area contributed by atoms with Crippen LogP contribution in [0.25, 0.3) is 0 Å². The Kier molecular flexibility index (Phi) is 5.33. The monoisotopic (exact) mass is 384 g/mol. The number of anilines is 2. The minimum absolute atomic E-state index is 0.0740. The van der Waals surface area contributed by atoms with Crippen LogP contribution in [-0.4, -0.2) is 36.2 Å². The molecule has 0 spiro atoms. The molecule has 0 unspecified atom stereocenters. The Morgan fingerprint density at radius 3 is 1.88 bits per heavy atom. The Bertz CT molecular complexity index is 983. The molecule has 0 aliphatic rings. The van der Waals surface area contributed by atoms with Crippen LogP contribution in [0.2, 0.25) is 0 Å². The first kappa shape index (κ1) is 18.7. The zero-order chi connectivity index (χ0) is 18.7. The van der Waals surface area contributed by atoms with Gasteiger partial charge in [-0.3, -0.25) is 9.44 Å². The van der Waals surface area contributed by atoms with Crippen molar-refractivity contribution < 1.29 is 26.4 Å². The number of carbonyl (C=O) groups is 1. The summed E-state index contributed by atoms with van der Waals surface area (Å²) in [4.78, 5) is 11.3. The SMILES string of the molecule is COC(=O)c1ccc(S(=O)(=O)Nc2ccccc2NS(C)(=O)=O)cc1. The number of rotatable bonds is 6. The maximum Gasteiger partial charge on any atom is 0.337 e. The molecule has 0 aliphatic heterocycles. The van der Waals surface area contributed by atoms with Crippen molar-refractivity contribution in [1.29, 1.82) is 0 Å². The van der Waals surface area contributed by atoms with Gasteiger partial charge in [-0.25, -0.2) is 21.6 Å². The van der Waals surface area contributed by atoms with Crippen molar-refractivity contribution in [1.82, 2.24) is 0 Å². The fourth-order valence-corrected chi connectivity index (χ4v) is 3.61. The smallest absolute Gasteiger partial charge is 0.337 e. The first-order valence-electron chi connectivity index (χ1n) is 6.90. The van der Waals surface area contributed by atoms with E-state index in [1.165, 1.54) is 43.5 Å². The van der Waals surface area contributed by atoms with Gasteiger partial charge in [0.05, 0.1) is 35.2 Å². The van der Waals surface area contributed by atoms with Crippen LogP contribution in [-0.2, 0) is 24.8 Å². The van der Waals surface area contributed by atoms with Crippen LogP contribution in [0.5, 0.6) is 0 Å². The van der Waals surface area contributed by atoms with Crippen molar-refractivity contribution in [2.75, 3.05) is 22.8 Å². The highest BCUT2D eigenvalue weighted by molar-refractivity contribution is 7.93. The number of sulfonamides is 2. The fourth-order valence-electron chi connectivity index (χ4n) is 1.95. The summed E-state index contributed by atoms with van der Waals surface area (Å²) in [7, 11) is -6.33. The van der Waals surface area contributed by atoms with Gasteiger partial charge in [0, 0.05) is 0 Å². The van der Waals surface area contributed by atoms with Crippen LogP contribution < -0.4 is 9.44 Å². The van der Waals surface area contributed by atoms with Crippen molar-refractivity contribution in [2.24, 2.45) is 0 Å². The summed E-state index contributed by atoms with van der Waals surface area (Å²) >= 11 is 0. The van der Waals surface area contributed by atoms with E-state index in [4.69, 9.17) is 0 Å². The van der Waals surface area contributed by atoms with E-state index in [1.54, 1.807) is 12.1 Å². The molecule has 8 nitrogen and oxygen atoms in total. The van der Waals surface area contributed by atoms with Crippen LogP contribution in [0.4, 0.5) is 11.4 Å². The molecule has 0 radical (unpaired) electrons. The second-order valence-electron chi connectivity index (χ2n) is 5.04. The van der Waals surface area contributed by atoms with Gasteiger partial charge < -0.3 is 4.74 Å². The van der Waals surface area contributed by atoms with E-state index in [9.17, 15) is 21.6 Å². The van der Waals surface area contributed by atoms with Gasteiger partial charge in [0.15, 0.2) is 0 Å². The molecule has 0 bridgehead atoms. The topological polar surface area (TPSA) is 119 Å². The summed E-state index contributed by atoms with van der Waals surface area (Å²) in [5.74, 6) is -0.584. The summed E-state index contributed by atoms with van der Waals surface area (Å²) in [5, 5.41) is 0. The highest BCUT2D eigenvalue weighted by Gasteiger charge is 2.18. The van der Waals surface area contributed by atoms with E-state index in [0.717, 1.165) is 6.26 Å². The van der Waals surface area contributed by atoms with E-state index in [-0.39, 0.29) is 21.8 Å². The second-order valence-corrected chi connectivity index (χ2v) is 8.47. The lowest BCUT2D eigenvalue weighted by molar-refractivity contribution is 0.0600. The Morgan fingerprint density at radius 2 is 1.40 bits per heavy atom. The van der Waals surface area contributed by atoms with Crippen molar-refractivity contribution in [3.63, 3.8) is 0 Å². The highest BCUT2D eigenvalue weighted by Crippen LogP contribution is 2.25. The van der Waals surface area contributed by atoms with Crippen LogP contribution in [0.3, 0.4) is 0 Å². The molecule has 2 rings (SSSR count). The summed E-state index contributed by atoms with van der Waals surface area (Å²) in [6, 6.07) is 11.1. The molecule has 10 heteroatoms. The number of hydrogen-bond donors (Lipinski definition) is 2. The number of carbonyl (C=O) groups excluding carboxylic acids is 1. The zero-order valence-electron chi connectivity index (χ0n) is 13.4. The highest BCUT2D eigenvalue weighted by atomic mass is 32.2. The maximum atomic E-state index is 12.5. The first-order chi connectivity index (χ1) is 11.6. The number of hydrogen-bond acceptors (Lipinski definition) is 6. The average molecular weight is 384 g/mol. The molecule has 0 fully saturated rings. The molecule has 2 aromatic rings. The number of benzene rings is 2. The van der Waals surface area contributed by atoms with Crippen molar-refractivity contribution in [3.8, 4) is 0 Å². The molecule has 0 aliphatic carbocycles. The van der Waals surface area contributed by atoms with Crippen molar-refractivity contribution in [3.05, 3.63) is 54.1 Å². The number of ether oxygens (including phenoxy) is 1. The summed E-state index contributed by atoms with van der Waals surface area (Å²) in [6.45, 7) is 0. The Balaban J connectivity index is 2.32. The maximum absolute atomic E-state index is 12.5. The molecule has 0 saturated heterocycles. The van der Waals surface area contributed by atoms with Crippen LogP contribution in [0.1, 0.15) is 10.4 Å². The minimum Gasteiger partial charge on any atom is -0.465 e. The van der Waals surface area contributed by atoms with Gasteiger partial charge in [0.25, 0.3) is 10.0 Å². The number of para-hydroxylation sites is 2. The molecular weight excluding hydrogens is 368 g/mol. The average Bonchev–Trinajstić information content (AvgIpc) is 2.54. The predicted molar refractivity (Wildman–Crippen MR) is 93.5 cm³/mol. The largest absolute Gasteiger partial charge is 0.465 e. The third kappa shape index (κ3) is 4.94. The van der Waals surface area contributed by atoms with Gasteiger partial charge in [-0.05, 0) is 36.4 Å². The third-order valence-corrected chi connectivity index (χ3v) is 5.02. The second kappa shape index (κ2) is 7.11. The lowest BCUT2D eigenvalue weighted by Gasteiger charge is -2.13. The third-order valence-electron chi connectivity index (χ3n) is 3.05. The number of esters is 1. The molecule has 25 heavy (non-hydrogen) atoms. The Labute approximate surface area is 145 Å². The molecule has 0 saturated carbocycles. The fraction of sp³-hybridized carbons (Fsp3) is 0.133. The van der Waals surface area contributed by atoms with Crippen molar-refractivity contribution >= 4 is 37.4 Å². The minimum atomic E-state index is -3.98. The quantitative estimate of drug-likeness (QED) is 0.731. The Hall–Kier alpha value is -2.59. The van der Waals surface area contributed by atoms with Crippen LogP contribution in [0.15, 0.2) is 53.4 Å². The summed E-state index contributed by atoms with van der Waals surface area (Å²) < 4.78 is 56.8. The van der Waals surface area contributed by atoms with Crippen molar-refractivity contribution in [2.45, 2.75) is 4.90 Å². The summed E-state index contributed by atoms with van der Waals surface area (Å²) in [6.07, 6.45) is 0.962. The molecule has 2 N–H and O–H groups in total. The van der Waals surface area contributed by atoms with Crippen LogP contribution in [0, 0.1) is 0 Å². The van der Waals surface area contributed by atoms with Gasteiger partial charge in [0.2, 0.25) is 10.0 Å². The standard InChI is InChI=1S/C15H16N2O6S2/c1-23-15(18)11-7-9-12(10-8-11)25(21,22)17-14-6-4-3-5-13(14)16-24(2,19)20/h3-10,16-17H,1-2H3. The molecule has 134 valence electrons. The number of nitrogens with one attached hydrogen (secondary N) is 2. The first-order valence-corrected chi connectivity index (χ1v) is 10.3. The molecular formula is C15H16N2O6S2. The lowest BCUT2D eigenvalue weighted by atomic mass is 10.2. The normalized spacial score (nSPS) is 11.6. The van der Waals surface area contributed by atoms with Gasteiger partial charge in [0.1, 0.15) is 0 Å². The molecule has 0 atom stereocenters. The van der Waals surface area contributed by atoms with E-state index < -0.39 is 26.0 Å². The lowest BCUT2D eigenvalue weighted by Crippen LogP contribution is -2.16. The van der Waals surface area contributed by atoms with Gasteiger partial charge >= 0.3 is 5.97 Å². The zero-order valence-corrected chi connectivity index (χ0v) is 15.0. The van der Waals surface area contributed by atoms with Gasteiger partial charge in [-0.2, -0.15) is 0 Å². The van der Waals surface area contributed by atoms with Gasteiger partial charge in [-0.1, -0.05) is 12.1 Å².